The number of halogens is 3. The average Bonchev–Trinajstić information content (AvgIpc) is 3.38. The van der Waals surface area contributed by atoms with Crippen molar-refractivity contribution in [2.75, 3.05) is 13.4 Å². The van der Waals surface area contributed by atoms with Gasteiger partial charge in [-0.1, -0.05) is 41.4 Å². The summed E-state index contributed by atoms with van der Waals surface area (Å²) in [6.45, 7) is 3.28. The zero-order chi connectivity index (χ0) is 29.2. The maximum Gasteiger partial charge on any atom is 0.212 e. The van der Waals surface area contributed by atoms with Crippen molar-refractivity contribution in [3.05, 3.63) is 110 Å². The topological polar surface area (TPSA) is 80.5 Å². The van der Waals surface area contributed by atoms with E-state index in [9.17, 15) is 9.90 Å². The predicted molar refractivity (Wildman–Crippen MR) is 155 cm³/mol. The Balaban J connectivity index is 1.94. The average molecular weight is 604 g/mol. The number of amides is 1. The van der Waals surface area contributed by atoms with Gasteiger partial charge >= 0.3 is 0 Å². The Kier molecular flexibility index (Phi) is 8.92. The highest BCUT2D eigenvalue weighted by Crippen LogP contribution is 2.43. The van der Waals surface area contributed by atoms with E-state index in [1.807, 2.05) is 6.26 Å². The van der Waals surface area contributed by atoms with E-state index in [1.54, 1.807) is 68.2 Å². The molecule has 4 aromatic rings. The maximum absolute atomic E-state index is 16.4. The Labute approximate surface area is 246 Å². The summed E-state index contributed by atoms with van der Waals surface area (Å²) in [5.41, 5.74) is -0.817. The number of nitrogens with zero attached hydrogens (tertiary/aromatic N) is 4. The van der Waals surface area contributed by atoms with E-state index in [0.717, 1.165) is 4.90 Å². The summed E-state index contributed by atoms with van der Waals surface area (Å²) < 4.78 is 24.1. The van der Waals surface area contributed by atoms with Gasteiger partial charge in [0.25, 0.3) is 0 Å². The molecule has 0 spiro atoms. The highest BCUT2D eigenvalue weighted by atomic mass is 35.5. The molecule has 0 saturated carbocycles. The van der Waals surface area contributed by atoms with Crippen LogP contribution in [0.3, 0.4) is 0 Å². The molecule has 2 aromatic heterocycles. The van der Waals surface area contributed by atoms with Crippen molar-refractivity contribution < 1.29 is 19.0 Å². The third kappa shape index (κ3) is 5.49. The van der Waals surface area contributed by atoms with Crippen molar-refractivity contribution in [3.63, 3.8) is 0 Å². The van der Waals surface area contributed by atoms with Crippen molar-refractivity contribution in [3.8, 4) is 0 Å². The first kappa shape index (κ1) is 30.0. The van der Waals surface area contributed by atoms with E-state index >= 15 is 4.39 Å². The maximum atomic E-state index is 16.4. The predicted octanol–water partition coefficient (Wildman–Crippen LogP) is 6.05. The first-order valence-corrected chi connectivity index (χ1v) is 14.2. The molecule has 0 aliphatic heterocycles. The molecule has 0 aliphatic carbocycles. The fourth-order valence-electron chi connectivity index (χ4n) is 4.89. The second kappa shape index (κ2) is 11.9. The third-order valence-electron chi connectivity index (χ3n) is 6.96. The van der Waals surface area contributed by atoms with Crippen molar-refractivity contribution in [2.45, 2.75) is 36.6 Å². The summed E-state index contributed by atoms with van der Waals surface area (Å²) in [6.07, 6.45) is 7.19. The minimum Gasteiger partial charge on any atom is -0.381 e. The van der Waals surface area contributed by atoms with Crippen LogP contribution in [0.4, 0.5) is 4.39 Å². The molecule has 1 unspecified atom stereocenters. The van der Waals surface area contributed by atoms with Crippen LogP contribution in [0.1, 0.15) is 40.4 Å². The molecule has 4 rings (SSSR count). The van der Waals surface area contributed by atoms with Crippen molar-refractivity contribution in [1.82, 2.24) is 19.7 Å². The Morgan fingerprint density at radius 1 is 1.12 bits per heavy atom. The van der Waals surface area contributed by atoms with E-state index in [4.69, 9.17) is 27.9 Å². The molecule has 11 heteroatoms. The van der Waals surface area contributed by atoms with Crippen LogP contribution in [0.5, 0.6) is 0 Å². The Bertz CT molecular complexity index is 1510. The summed E-state index contributed by atoms with van der Waals surface area (Å²) in [5, 5.41) is 16.5. The van der Waals surface area contributed by atoms with Crippen LogP contribution in [0.15, 0.2) is 66.0 Å². The molecule has 2 atom stereocenters. The van der Waals surface area contributed by atoms with Gasteiger partial charge < -0.3 is 14.7 Å². The van der Waals surface area contributed by atoms with E-state index < -0.39 is 17.1 Å². The summed E-state index contributed by atoms with van der Waals surface area (Å²) >= 11 is 13.8. The molecule has 0 bridgehead atoms. The SMILES string of the molecule is CO[C@](c1ccc(Cl)cc1)(c1c(C)cc(C(C)(O)c2cnn(C)c2)cc1F)N(C=O)Cc1ncc(Cl)cc1SC. The van der Waals surface area contributed by atoms with Crippen LogP contribution in [-0.2, 0) is 34.4 Å². The largest absolute Gasteiger partial charge is 0.381 e. The van der Waals surface area contributed by atoms with Crippen molar-refractivity contribution in [2.24, 2.45) is 7.05 Å². The molecule has 2 aromatic carbocycles. The van der Waals surface area contributed by atoms with Gasteiger partial charge in [0.05, 0.1) is 23.5 Å². The fraction of sp³-hybridized carbons (Fsp3) is 0.276. The minimum atomic E-state index is -1.71. The zero-order valence-corrected chi connectivity index (χ0v) is 25.0. The number of rotatable bonds is 10. The zero-order valence-electron chi connectivity index (χ0n) is 22.7. The third-order valence-corrected chi connectivity index (χ3v) is 8.21. The van der Waals surface area contributed by atoms with Gasteiger partial charge in [-0.3, -0.25) is 14.5 Å². The Hall–Kier alpha value is -2.95. The van der Waals surface area contributed by atoms with E-state index in [-0.39, 0.29) is 12.1 Å². The molecule has 40 heavy (non-hydrogen) atoms. The van der Waals surface area contributed by atoms with Crippen molar-refractivity contribution >= 4 is 41.4 Å². The van der Waals surface area contributed by atoms with Crippen LogP contribution in [0.2, 0.25) is 10.0 Å². The second-order valence-corrected chi connectivity index (χ2v) is 11.2. The number of ether oxygens (including phenoxy) is 1. The molecule has 1 amide bonds. The Morgan fingerprint density at radius 2 is 1.82 bits per heavy atom. The number of aryl methyl sites for hydroxylation is 2. The van der Waals surface area contributed by atoms with Gasteiger partial charge in [-0.2, -0.15) is 5.10 Å². The summed E-state index contributed by atoms with van der Waals surface area (Å²) in [5.74, 6) is -0.669. The number of aromatic nitrogens is 3. The quantitative estimate of drug-likeness (QED) is 0.135. The molecule has 0 saturated heterocycles. The van der Waals surface area contributed by atoms with Gasteiger partial charge in [-0.05, 0) is 55.5 Å². The first-order chi connectivity index (χ1) is 19.0. The minimum absolute atomic E-state index is 0.0126. The van der Waals surface area contributed by atoms with E-state index in [1.165, 1.54) is 42.2 Å². The number of hydrogen-bond acceptors (Lipinski definition) is 6. The second-order valence-electron chi connectivity index (χ2n) is 9.52. The molecule has 2 heterocycles. The van der Waals surface area contributed by atoms with Crippen LogP contribution in [0, 0.1) is 12.7 Å². The van der Waals surface area contributed by atoms with Crippen LogP contribution in [-0.4, -0.2) is 44.5 Å². The number of thioether (sulfide) groups is 1. The summed E-state index contributed by atoms with van der Waals surface area (Å²) in [6, 6.07) is 11.4. The van der Waals surface area contributed by atoms with Crippen LogP contribution >= 0.6 is 35.0 Å². The molecule has 7 nitrogen and oxygen atoms in total. The lowest BCUT2D eigenvalue weighted by atomic mass is 9.83. The van der Waals surface area contributed by atoms with Gasteiger partial charge in [0.2, 0.25) is 6.41 Å². The van der Waals surface area contributed by atoms with Gasteiger partial charge in [0.1, 0.15) is 11.4 Å². The molecule has 0 aliphatic rings. The molecular weight excluding hydrogens is 574 g/mol. The lowest BCUT2D eigenvalue weighted by molar-refractivity contribution is -0.150. The highest BCUT2D eigenvalue weighted by Gasteiger charge is 2.45. The first-order valence-electron chi connectivity index (χ1n) is 12.2. The Morgan fingerprint density at radius 3 is 2.38 bits per heavy atom. The van der Waals surface area contributed by atoms with Gasteiger partial charge in [0, 0.05) is 53.2 Å². The standard InChI is InChI=1S/C29H29Cl2FN4O3S/c1-18-10-20(28(2,38)21-13-34-35(3)15-21)11-24(32)27(18)29(39-4,19-6-8-22(30)9-7-19)36(17-37)16-25-26(40-5)12-23(31)14-33-25/h6-15,17,38H,16H2,1-5H3/t28?,29-/m1/s1. The van der Waals surface area contributed by atoms with Gasteiger partial charge in [0.15, 0.2) is 5.72 Å². The lowest BCUT2D eigenvalue weighted by Crippen LogP contribution is -2.49. The van der Waals surface area contributed by atoms with Gasteiger partial charge in [-0.15, -0.1) is 11.8 Å². The lowest BCUT2D eigenvalue weighted by Gasteiger charge is -2.42. The number of methoxy groups -OCH3 is 1. The molecule has 1 N–H and O–H groups in total. The fourth-order valence-corrected chi connectivity index (χ4v) is 5.84. The van der Waals surface area contributed by atoms with Crippen molar-refractivity contribution in [1.29, 1.82) is 0 Å². The number of carbonyl (C=O) groups excluding carboxylic acids is 1. The normalized spacial score (nSPS) is 14.4. The van der Waals surface area contributed by atoms with Crippen LogP contribution < -0.4 is 0 Å². The van der Waals surface area contributed by atoms with E-state index in [0.29, 0.717) is 44.4 Å². The number of hydrogen-bond donors (Lipinski definition) is 1. The van der Waals surface area contributed by atoms with Gasteiger partial charge in [-0.25, -0.2) is 4.39 Å². The molecule has 0 radical (unpaired) electrons. The monoisotopic (exact) mass is 602 g/mol. The number of benzene rings is 2. The summed E-state index contributed by atoms with van der Waals surface area (Å²) in [7, 11) is 3.15. The van der Waals surface area contributed by atoms with E-state index in [2.05, 4.69) is 10.1 Å². The number of pyridine rings is 1. The molecular formula is C29H29Cl2FN4O3S. The number of aliphatic hydroxyl groups is 1. The molecule has 210 valence electrons. The number of carbonyl (C=O) groups is 1. The summed E-state index contributed by atoms with van der Waals surface area (Å²) in [4.78, 5) is 19.4. The molecule has 0 fully saturated rings. The van der Waals surface area contributed by atoms with Crippen LogP contribution in [0.25, 0.3) is 0 Å². The highest BCUT2D eigenvalue weighted by molar-refractivity contribution is 7.98. The smallest absolute Gasteiger partial charge is 0.212 e.